The lowest BCUT2D eigenvalue weighted by atomic mass is 10.2. The summed E-state index contributed by atoms with van der Waals surface area (Å²) in [5.41, 5.74) is 0.891. The molecule has 1 aromatic heterocycles. The van der Waals surface area contributed by atoms with Gasteiger partial charge in [0.2, 0.25) is 0 Å². The van der Waals surface area contributed by atoms with Crippen molar-refractivity contribution in [2.45, 2.75) is 6.54 Å². The molecule has 1 heterocycles. The highest BCUT2D eigenvalue weighted by molar-refractivity contribution is 6.33. The second-order valence-corrected chi connectivity index (χ2v) is 4.05. The monoisotopic (exact) mass is 286 g/mol. The number of benzene rings is 1. The Kier molecular flexibility index (Phi) is 6.22. The molecule has 5 heteroatoms. The average molecular weight is 287 g/mol. The van der Waals surface area contributed by atoms with Gasteiger partial charge in [-0.3, -0.25) is 0 Å². The Bertz CT molecular complexity index is 485. The molecule has 2 aromatic rings. The van der Waals surface area contributed by atoms with E-state index < -0.39 is 0 Å². The van der Waals surface area contributed by atoms with Crippen LogP contribution in [0.2, 0.25) is 5.02 Å². The molecule has 0 aliphatic rings. The molecule has 0 atom stereocenters. The molecule has 0 saturated carbocycles. The molecule has 0 spiro atoms. The highest BCUT2D eigenvalue weighted by Crippen LogP contribution is 2.28. The molecule has 0 bridgehead atoms. The first kappa shape index (κ1) is 15.1. The summed E-state index contributed by atoms with van der Waals surface area (Å²) in [4.78, 5) is 0. The van der Waals surface area contributed by atoms with Gasteiger partial charge in [0, 0.05) is 12.1 Å². The first-order valence-corrected chi connectivity index (χ1v) is 5.84. The minimum absolute atomic E-state index is 0. The third kappa shape index (κ3) is 3.75. The average Bonchev–Trinajstić information content (AvgIpc) is 2.79. The van der Waals surface area contributed by atoms with Gasteiger partial charge in [-0.1, -0.05) is 23.7 Å². The maximum atomic E-state index is 8.65. The lowest BCUT2D eigenvalue weighted by molar-refractivity contribution is -0.00000501. The Balaban J connectivity index is 0.00000162. The van der Waals surface area contributed by atoms with Crippen molar-refractivity contribution in [3.05, 3.63) is 47.2 Å². The van der Waals surface area contributed by atoms with Crippen molar-refractivity contribution < 1.29 is 21.9 Å². The summed E-state index contributed by atoms with van der Waals surface area (Å²) < 4.78 is 5.67. The van der Waals surface area contributed by atoms with E-state index >= 15 is 0 Å². The number of hydrogen-bond acceptors (Lipinski definition) is 3. The van der Waals surface area contributed by atoms with Gasteiger partial charge < -0.3 is 27.2 Å². The van der Waals surface area contributed by atoms with E-state index in [0.29, 0.717) is 18.1 Å². The highest BCUT2D eigenvalue weighted by Gasteiger charge is 2.07. The minimum atomic E-state index is 0. The van der Waals surface area contributed by atoms with Crippen LogP contribution in [-0.2, 0) is 6.54 Å². The van der Waals surface area contributed by atoms with Crippen LogP contribution in [0, 0.1) is 0 Å². The van der Waals surface area contributed by atoms with Gasteiger partial charge in [-0.15, -0.1) is 0 Å². The molecule has 2 N–H and O–H groups in total. The summed E-state index contributed by atoms with van der Waals surface area (Å²) in [6, 6.07) is 11.4. The molecule has 3 nitrogen and oxygen atoms in total. The number of halogens is 2. The van der Waals surface area contributed by atoms with Crippen molar-refractivity contribution in [3.63, 3.8) is 0 Å². The van der Waals surface area contributed by atoms with Gasteiger partial charge in [0.25, 0.3) is 0 Å². The Morgan fingerprint density at radius 2 is 1.94 bits per heavy atom. The van der Waals surface area contributed by atoms with Gasteiger partial charge in [-0.05, 0) is 24.3 Å². The van der Waals surface area contributed by atoms with E-state index in [4.69, 9.17) is 21.1 Å². The number of nitrogens with one attached hydrogen (secondary N) is 1. The molecule has 0 fully saturated rings. The summed E-state index contributed by atoms with van der Waals surface area (Å²) in [7, 11) is 0. The van der Waals surface area contributed by atoms with E-state index in [1.54, 1.807) is 0 Å². The quantitative estimate of drug-likeness (QED) is 0.741. The third-order valence-corrected chi connectivity index (χ3v) is 2.72. The number of aliphatic hydroxyl groups is 1. The zero-order chi connectivity index (χ0) is 12.1. The SMILES string of the molecule is OCCNCc1ccc(-c2ccccc2Cl)o1.[Cl-]. The first-order chi connectivity index (χ1) is 8.31. The topological polar surface area (TPSA) is 45.4 Å². The van der Waals surface area contributed by atoms with Crippen LogP contribution < -0.4 is 17.7 Å². The number of aliphatic hydroxyl groups excluding tert-OH is 1. The molecule has 0 aliphatic heterocycles. The minimum Gasteiger partial charge on any atom is -1.00 e. The molecule has 2 rings (SSSR count). The zero-order valence-electron chi connectivity index (χ0n) is 9.70. The van der Waals surface area contributed by atoms with Crippen LogP contribution in [-0.4, -0.2) is 18.3 Å². The van der Waals surface area contributed by atoms with Gasteiger partial charge in [0.05, 0.1) is 18.2 Å². The number of furan rings is 1. The largest absolute Gasteiger partial charge is 1.00 e. The summed E-state index contributed by atoms with van der Waals surface area (Å²) in [6.07, 6.45) is 0. The molecule has 0 unspecified atom stereocenters. The Hall–Kier alpha value is -1.000. The van der Waals surface area contributed by atoms with Crippen LogP contribution in [0.3, 0.4) is 0 Å². The second-order valence-electron chi connectivity index (χ2n) is 3.65. The van der Waals surface area contributed by atoms with Gasteiger partial charge in [-0.25, -0.2) is 0 Å². The van der Waals surface area contributed by atoms with E-state index in [1.165, 1.54) is 0 Å². The molecule has 0 aliphatic carbocycles. The molecular formula is C13H14Cl2NO2-. The van der Waals surface area contributed by atoms with E-state index in [-0.39, 0.29) is 19.0 Å². The van der Waals surface area contributed by atoms with Gasteiger partial charge in [0.15, 0.2) is 0 Å². The fourth-order valence-electron chi connectivity index (χ4n) is 1.57. The van der Waals surface area contributed by atoms with Crippen LogP contribution in [0.15, 0.2) is 40.8 Å². The zero-order valence-corrected chi connectivity index (χ0v) is 11.2. The van der Waals surface area contributed by atoms with Crippen molar-refractivity contribution >= 4 is 11.6 Å². The van der Waals surface area contributed by atoms with Gasteiger partial charge in [-0.2, -0.15) is 0 Å². The van der Waals surface area contributed by atoms with E-state index in [1.807, 2.05) is 36.4 Å². The van der Waals surface area contributed by atoms with E-state index in [2.05, 4.69) is 5.32 Å². The van der Waals surface area contributed by atoms with Crippen molar-refractivity contribution in [3.8, 4) is 11.3 Å². The van der Waals surface area contributed by atoms with E-state index in [9.17, 15) is 0 Å². The summed E-state index contributed by atoms with van der Waals surface area (Å²) in [5, 5.41) is 12.4. The maximum Gasteiger partial charge on any atom is 0.135 e. The molecular weight excluding hydrogens is 273 g/mol. The van der Waals surface area contributed by atoms with Crippen molar-refractivity contribution in [2.75, 3.05) is 13.2 Å². The Morgan fingerprint density at radius 1 is 1.17 bits per heavy atom. The molecule has 0 radical (unpaired) electrons. The summed E-state index contributed by atoms with van der Waals surface area (Å²) in [6.45, 7) is 1.28. The van der Waals surface area contributed by atoms with Crippen molar-refractivity contribution in [2.24, 2.45) is 0 Å². The van der Waals surface area contributed by atoms with Gasteiger partial charge >= 0.3 is 0 Å². The van der Waals surface area contributed by atoms with Crippen molar-refractivity contribution in [1.29, 1.82) is 0 Å². The standard InChI is InChI=1S/C13H14ClNO2.ClH/c14-12-4-2-1-3-11(12)13-6-5-10(17-13)9-15-7-8-16;/h1-6,15-16H,7-9H2;1H/p-1. The Labute approximate surface area is 117 Å². The lowest BCUT2D eigenvalue weighted by Crippen LogP contribution is -3.00. The van der Waals surface area contributed by atoms with Crippen LogP contribution in [0.4, 0.5) is 0 Å². The Morgan fingerprint density at radius 3 is 2.67 bits per heavy atom. The number of hydrogen-bond donors (Lipinski definition) is 2. The summed E-state index contributed by atoms with van der Waals surface area (Å²) >= 11 is 6.09. The van der Waals surface area contributed by atoms with E-state index in [0.717, 1.165) is 17.1 Å². The van der Waals surface area contributed by atoms with Gasteiger partial charge in [0.1, 0.15) is 11.5 Å². The molecule has 98 valence electrons. The van der Waals surface area contributed by atoms with Crippen LogP contribution in [0.1, 0.15) is 5.76 Å². The smallest absolute Gasteiger partial charge is 0.135 e. The highest BCUT2D eigenvalue weighted by atomic mass is 35.5. The fraction of sp³-hybridized carbons (Fsp3) is 0.231. The third-order valence-electron chi connectivity index (χ3n) is 2.39. The maximum absolute atomic E-state index is 8.65. The molecule has 1 aromatic carbocycles. The summed E-state index contributed by atoms with van der Waals surface area (Å²) in [5.74, 6) is 1.59. The van der Waals surface area contributed by atoms with Crippen molar-refractivity contribution in [1.82, 2.24) is 5.32 Å². The second kappa shape index (κ2) is 7.44. The normalized spacial score (nSPS) is 10.1. The van der Waals surface area contributed by atoms with Crippen LogP contribution >= 0.6 is 11.6 Å². The van der Waals surface area contributed by atoms with Crippen LogP contribution in [0.5, 0.6) is 0 Å². The molecule has 18 heavy (non-hydrogen) atoms. The predicted octanol–water partition coefficient (Wildman–Crippen LogP) is -0.314. The first-order valence-electron chi connectivity index (χ1n) is 5.46. The lowest BCUT2D eigenvalue weighted by Gasteiger charge is -2.01. The predicted molar refractivity (Wildman–Crippen MR) is 67.9 cm³/mol. The number of rotatable bonds is 5. The molecule has 0 saturated heterocycles. The van der Waals surface area contributed by atoms with Crippen LogP contribution in [0.25, 0.3) is 11.3 Å². The molecule has 0 amide bonds. The fourth-order valence-corrected chi connectivity index (χ4v) is 1.80.